The molecule has 0 radical (unpaired) electrons. The number of amides is 1. The fraction of sp³-hybridized carbons (Fsp3) is 0.158. The molecule has 1 N–H and O–H groups in total. The van der Waals surface area contributed by atoms with Gasteiger partial charge in [-0.1, -0.05) is 53.8 Å². The number of ether oxygens (including phenoxy) is 1. The fourth-order valence-corrected chi connectivity index (χ4v) is 3.44. The van der Waals surface area contributed by atoms with Crippen molar-refractivity contribution in [2.75, 3.05) is 6.61 Å². The van der Waals surface area contributed by atoms with Crippen molar-refractivity contribution in [3.05, 3.63) is 75.2 Å². The predicted octanol–water partition coefficient (Wildman–Crippen LogP) is 3.84. The van der Waals surface area contributed by atoms with Gasteiger partial charge >= 0.3 is 11.0 Å². The minimum Gasteiger partial charge on any atom is -0.451 e. The van der Waals surface area contributed by atoms with Gasteiger partial charge < -0.3 is 10.1 Å². The second-order valence-corrected chi connectivity index (χ2v) is 6.89. The fourth-order valence-electron chi connectivity index (χ4n) is 2.73. The lowest BCUT2D eigenvalue weighted by atomic mass is 10.00. The summed E-state index contributed by atoms with van der Waals surface area (Å²) in [6, 6.07) is 16.0. The Bertz CT molecular complexity index is 1010. The molecule has 1 aromatic heterocycles. The van der Waals surface area contributed by atoms with Gasteiger partial charge in [0.25, 0.3) is 5.91 Å². The highest BCUT2D eigenvalue weighted by molar-refractivity contribution is 7.17. The number of benzene rings is 2. The number of thiophene rings is 1. The first kappa shape index (κ1) is 18.5. The average Bonchev–Trinajstić information content (AvgIpc) is 3.16. The first-order valence-electron chi connectivity index (χ1n) is 8.14. The van der Waals surface area contributed by atoms with Crippen molar-refractivity contribution < 1.29 is 19.2 Å². The van der Waals surface area contributed by atoms with Crippen LogP contribution in [0.3, 0.4) is 0 Å². The maximum absolute atomic E-state index is 12.1. The first-order valence-corrected chi connectivity index (χ1v) is 8.95. The predicted molar refractivity (Wildman–Crippen MR) is 102 cm³/mol. The molecule has 27 heavy (non-hydrogen) atoms. The normalized spacial score (nSPS) is 11.7. The molecule has 0 saturated carbocycles. The van der Waals surface area contributed by atoms with Gasteiger partial charge in [-0.05, 0) is 29.3 Å². The minimum absolute atomic E-state index is 0.0802. The zero-order valence-corrected chi connectivity index (χ0v) is 15.2. The van der Waals surface area contributed by atoms with E-state index in [4.69, 9.17) is 4.74 Å². The van der Waals surface area contributed by atoms with Gasteiger partial charge in [0.15, 0.2) is 6.61 Å². The van der Waals surface area contributed by atoms with E-state index in [0.717, 1.165) is 16.3 Å². The Morgan fingerprint density at radius 1 is 1.15 bits per heavy atom. The second kappa shape index (κ2) is 7.96. The maximum atomic E-state index is 12.1. The van der Waals surface area contributed by atoms with E-state index < -0.39 is 23.4 Å². The first-order chi connectivity index (χ1) is 13.0. The smallest absolute Gasteiger partial charge is 0.349 e. The van der Waals surface area contributed by atoms with Gasteiger partial charge in [-0.3, -0.25) is 14.9 Å². The van der Waals surface area contributed by atoms with Gasteiger partial charge in [0.2, 0.25) is 0 Å². The molecule has 0 aliphatic heterocycles. The summed E-state index contributed by atoms with van der Waals surface area (Å²) in [7, 11) is 0. The zero-order valence-electron chi connectivity index (χ0n) is 14.4. The van der Waals surface area contributed by atoms with E-state index in [9.17, 15) is 19.7 Å². The Balaban J connectivity index is 1.60. The number of rotatable bonds is 6. The molecule has 0 unspecified atom stereocenters. The van der Waals surface area contributed by atoms with Crippen LogP contribution in [-0.4, -0.2) is 23.4 Å². The van der Waals surface area contributed by atoms with E-state index in [-0.39, 0.29) is 15.9 Å². The third-order valence-electron chi connectivity index (χ3n) is 3.97. The van der Waals surface area contributed by atoms with E-state index in [1.54, 1.807) is 0 Å². The lowest BCUT2D eigenvalue weighted by Crippen LogP contribution is -2.31. The Morgan fingerprint density at radius 2 is 1.89 bits per heavy atom. The number of esters is 1. The van der Waals surface area contributed by atoms with E-state index >= 15 is 0 Å². The van der Waals surface area contributed by atoms with Crippen LogP contribution in [0.4, 0.5) is 5.00 Å². The van der Waals surface area contributed by atoms with E-state index in [1.807, 2.05) is 49.4 Å². The molecule has 0 aliphatic rings. The molecule has 0 spiro atoms. The van der Waals surface area contributed by atoms with Crippen molar-refractivity contribution in [3.63, 3.8) is 0 Å². The van der Waals surface area contributed by atoms with Crippen molar-refractivity contribution >= 4 is 39.0 Å². The number of hydrogen-bond acceptors (Lipinski definition) is 6. The zero-order chi connectivity index (χ0) is 19.4. The van der Waals surface area contributed by atoms with Gasteiger partial charge in [-0.25, -0.2) is 4.79 Å². The summed E-state index contributed by atoms with van der Waals surface area (Å²) in [5.74, 6) is -1.21. The van der Waals surface area contributed by atoms with Crippen molar-refractivity contribution in [3.8, 4) is 0 Å². The number of nitrogens with zero attached hydrogens (tertiary/aromatic N) is 1. The van der Waals surface area contributed by atoms with E-state index in [2.05, 4.69) is 5.32 Å². The number of nitro groups is 1. The summed E-state index contributed by atoms with van der Waals surface area (Å²) in [5, 5.41) is 15.4. The monoisotopic (exact) mass is 384 g/mol. The lowest BCUT2D eigenvalue weighted by Gasteiger charge is -2.16. The highest BCUT2D eigenvalue weighted by Crippen LogP contribution is 2.25. The SMILES string of the molecule is C[C@@H](NC(=O)COC(=O)c1ccc([N+](=O)[O-])s1)c1cccc2ccccc12. The third kappa shape index (κ3) is 4.29. The van der Waals surface area contributed by atoms with Crippen LogP contribution < -0.4 is 5.32 Å². The Hall–Kier alpha value is -3.26. The molecular weight excluding hydrogens is 368 g/mol. The number of carbonyl (C=O) groups is 2. The van der Waals surface area contributed by atoms with Crippen LogP contribution >= 0.6 is 11.3 Å². The second-order valence-electron chi connectivity index (χ2n) is 5.83. The lowest BCUT2D eigenvalue weighted by molar-refractivity contribution is -0.380. The molecule has 1 amide bonds. The minimum atomic E-state index is -0.763. The van der Waals surface area contributed by atoms with Gasteiger partial charge in [0, 0.05) is 6.07 Å². The van der Waals surface area contributed by atoms with Crippen LogP contribution in [0.1, 0.15) is 28.2 Å². The van der Waals surface area contributed by atoms with Crippen molar-refractivity contribution in [2.45, 2.75) is 13.0 Å². The largest absolute Gasteiger partial charge is 0.451 e. The maximum Gasteiger partial charge on any atom is 0.349 e. The molecule has 0 aliphatic carbocycles. The van der Waals surface area contributed by atoms with Gasteiger partial charge in [-0.2, -0.15) is 0 Å². The molecule has 0 saturated heterocycles. The van der Waals surface area contributed by atoms with Crippen LogP contribution in [0.25, 0.3) is 10.8 Å². The molecule has 0 bridgehead atoms. The van der Waals surface area contributed by atoms with Crippen molar-refractivity contribution in [2.24, 2.45) is 0 Å². The summed E-state index contributed by atoms with van der Waals surface area (Å²) in [4.78, 5) is 34.2. The highest BCUT2D eigenvalue weighted by Gasteiger charge is 2.18. The third-order valence-corrected chi connectivity index (χ3v) is 4.99. The molecule has 7 nitrogen and oxygen atoms in total. The van der Waals surface area contributed by atoms with Gasteiger partial charge in [0.05, 0.1) is 11.0 Å². The molecule has 1 heterocycles. The van der Waals surface area contributed by atoms with Crippen LogP contribution in [-0.2, 0) is 9.53 Å². The summed E-state index contributed by atoms with van der Waals surface area (Å²) in [6.07, 6.45) is 0. The Kier molecular flexibility index (Phi) is 5.46. The standard InChI is InChI=1S/C19H16N2O5S/c1-12(14-8-4-6-13-5-2-3-7-15(13)14)20-17(22)11-26-19(23)16-9-10-18(27-16)21(24)25/h2-10,12H,11H2,1H3,(H,20,22)/t12-/m1/s1. The van der Waals surface area contributed by atoms with Crippen LogP contribution in [0.2, 0.25) is 0 Å². The molecule has 138 valence electrons. The number of fused-ring (bicyclic) bond motifs is 1. The topological polar surface area (TPSA) is 98.5 Å². The Labute approximate surface area is 158 Å². The molecule has 3 aromatic rings. The van der Waals surface area contributed by atoms with Crippen LogP contribution in [0.5, 0.6) is 0 Å². The van der Waals surface area contributed by atoms with Gasteiger partial charge in [0.1, 0.15) is 4.88 Å². The van der Waals surface area contributed by atoms with Crippen molar-refractivity contribution in [1.82, 2.24) is 5.32 Å². The number of nitrogens with one attached hydrogen (secondary N) is 1. The summed E-state index contributed by atoms with van der Waals surface area (Å²) < 4.78 is 4.94. The van der Waals surface area contributed by atoms with E-state index in [1.165, 1.54) is 12.1 Å². The molecule has 1 atom stereocenters. The quantitative estimate of drug-likeness (QED) is 0.395. The number of carbonyl (C=O) groups excluding carboxylic acids is 2. The summed E-state index contributed by atoms with van der Waals surface area (Å²) in [5.41, 5.74) is 0.960. The molecule has 8 heteroatoms. The van der Waals surface area contributed by atoms with Crippen LogP contribution in [0, 0.1) is 10.1 Å². The average molecular weight is 384 g/mol. The molecule has 0 fully saturated rings. The Morgan fingerprint density at radius 3 is 2.63 bits per heavy atom. The van der Waals surface area contributed by atoms with E-state index in [0.29, 0.717) is 11.3 Å². The highest BCUT2D eigenvalue weighted by atomic mass is 32.1. The summed E-state index contributed by atoms with van der Waals surface area (Å²) >= 11 is 0.708. The summed E-state index contributed by atoms with van der Waals surface area (Å²) in [6.45, 7) is 1.39. The number of hydrogen-bond donors (Lipinski definition) is 1. The molecule has 3 rings (SSSR count). The van der Waals surface area contributed by atoms with Gasteiger partial charge in [-0.15, -0.1) is 0 Å². The molecule has 2 aromatic carbocycles. The van der Waals surface area contributed by atoms with Crippen LogP contribution in [0.15, 0.2) is 54.6 Å². The van der Waals surface area contributed by atoms with Crippen molar-refractivity contribution in [1.29, 1.82) is 0 Å². The molecular formula is C19H16N2O5S.